The number of anilines is 2. The number of H-pyrrole nitrogens is 1. The van der Waals surface area contributed by atoms with Gasteiger partial charge in [-0.1, -0.05) is 17.2 Å². The van der Waals surface area contributed by atoms with Gasteiger partial charge in [-0.25, -0.2) is 4.98 Å². The zero-order valence-electron chi connectivity index (χ0n) is 11.2. The molecule has 0 radical (unpaired) electrons. The summed E-state index contributed by atoms with van der Waals surface area (Å²) in [5, 5.41) is 12.2. The van der Waals surface area contributed by atoms with Crippen molar-refractivity contribution < 1.29 is 4.42 Å². The van der Waals surface area contributed by atoms with E-state index in [1.54, 1.807) is 6.20 Å². The van der Waals surface area contributed by atoms with Crippen LogP contribution in [0.3, 0.4) is 0 Å². The maximum atomic E-state index is 5.69. The third kappa shape index (κ3) is 2.25. The topological polar surface area (TPSA) is 79.6 Å². The van der Waals surface area contributed by atoms with Crippen LogP contribution in [-0.2, 0) is 0 Å². The molecule has 6 nitrogen and oxygen atoms in total. The zero-order chi connectivity index (χ0) is 14.9. The lowest BCUT2D eigenvalue weighted by molar-refractivity contribution is 0.588. The molecule has 0 aliphatic heterocycles. The van der Waals surface area contributed by atoms with Crippen LogP contribution in [0.25, 0.3) is 22.5 Å². The van der Waals surface area contributed by atoms with E-state index in [4.69, 9.17) is 4.42 Å². The Labute approximate surface area is 133 Å². The van der Waals surface area contributed by atoms with E-state index in [-0.39, 0.29) is 0 Å². The average Bonchev–Trinajstić information content (AvgIpc) is 3.16. The first-order valence-corrected chi connectivity index (χ1v) is 7.38. The monoisotopic (exact) mass is 355 g/mol. The molecule has 0 fully saturated rings. The van der Waals surface area contributed by atoms with Crippen LogP contribution in [0.2, 0.25) is 0 Å². The Morgan fingerprint density at radius 3 is 2.91 bits per heavy atom. The van der Waals surface area contributed by atoms with E-state index < -0.39 is 0 Å². The smallest absolute Gasteiger partial charge is 0.320 e. The molecule has 0 aliphatic carbocycles. The van der Waals surface area contributed by atoms with Gasteiger partial charge in [0.1, 0.15) is 5.65 Å². The maximum absolute atomic E-state index is 5.69. The zero-order valence-corrected chi connectivity index (χ0v) is 12.8. The van der Waals surface area contributed by atoms with Crippen LogP contribution >= 0.6 is 15.9 Å². The molecule has 7 heteroatoms. The summed E-state index contributed by atoms with van der Waals surface area (Å²) in [4.78, 5) is 7.33. The fourth-order valence-corrected chi connectivity index (χ4v) is 2.58. The van der Waals surface area contributed by atoms with Gasteiger partial charge in [0, 0.05) is 22.3 Å². The Morgan fingerprint density at radius 1 is 1.09 bits per heavy atom. The number of para-hydroxylation sites is 1. The predicted octanol–water partition coefficient (Wildman–Crippen LogP) is 4.12. The number of nitrogens with one attached hydrogen (secondary N) is 2. The average molecular weight is 356 g/mol. The van der Waals surface area contributed by atoms with Gasteiger partial charge in [-0.05, 0) is 40.2 Å². The number of pyridine rings is 1. The second kappa shape index (κ2) is 5.27. The van der Waals surface area contributed by atoms with Gasteiger partial charge < -0.3 is 14.7 Å². The molecule has 22 heavy (non-hydrogen) atoms. The van der Waals surface area contributed by atoms with Crippen LogP contribution in [-0.4, -0.2) is 20.2 Å². The predicted molar refractivity (Wildman–Crippen MR) is 86.8 cm³/mol. The fraction of sp³-hybridized carbons (Fsp3) is 0. The van der Waals surface area contributed by atoms with Crippen molar-refractivity contribution in [3.63, 3.8) is 0 Å². The summed E-state index contributed by atoms with van der Waals surface area (Å²) in [6, 6.07) is 11.9. The van der Waals surface area contributed by atoms with E-state index in [1.807, 2.05) is 42.6 Å². The highest BCUT2D eigenvalue weighted by molar-refractivity contribution is 9.10. The van der Waals surface area contributed by atoms with Crippen LogP contribution in [0.5, 0.6) is 0 Å². The minimum absolute atomic E-state index is 0.333. The molecular weight excluding hydrogens is 346 g/mol. The lowest BCUT2D eigenvalue weighted by Gasteiger charge is -2.02. The van der Waals surface area contributed by atoms with E-state index in [1.165, 1.54) is 0 Å². The quantitative estimate of drug-likeness (QED) is 0.577. The van der Waals surface area contributed by atoms with Crippen LogP contribution in [0.15, 0.2) is 57.7 Å². The first kappa shape index (κ1) is 13.0. The van der Waals surface area contributed by atoms with Gasteiger partial charge in [-0.15, -0.1) is 5.10 Å². The van der Waals surface area contributed by atoms with Crippen LogP contribution < -0.4 is 5.32 Å². The lowest BCUT2D eigenvalue weighted by atomic mass is 10.2. The Balaban J connectivity index is 1.68. The van der Waals surface area contributed by atoms with E-state index in [2.05, 4.69) is 41.4 Å². The van der Waals surface area contributed by atoms with Gasteiger partial charge in [-0.2, -0.15) is 0 Å². The summed E-state index contributed by atoms with van der Waals surface area (Å²) in [6.45, 7) is 0. The van der Waals surface area contributed by atoms with E-state index in [0.29, 0.717) is 11.9 Å². The van der Waals surface area contributed by atoms with Crippen LogP contribution in [0, 0.1) is 0 Å². The lowest BCUT2D eigenvalue weighted by Crippen LogP contribution is -1.90. The number of aromatic amines is 1. The minimum atomic E-state index is 0.333. The van der Waals surface area contributed by atoms with Crippen molar-refractivity contribution in [1.82, 2.24) is 20.2 Å². The molecule has 4 aromatic rings. The Hall–Kier alpha value is -2.67. The molecule has 108 valence electrons. The van der Waals surface area contributed by atoms with Gasteiger partial charge in [0.2, 0.25) is 0 Å². The highest BCUT2D eigenvalue weighted by Gasteiger charge is 2.14. The summed E-state index contributed by atoms with van der Waals surface area (Å²) in [5.74, 6) is 0.439. The standard InChI is InChI=1S/C15H10BrN5O/c16-11-5-1-2-6-12(11)19-15-21-20-14(22-15)10-8-18-13-9(10)4-3-7-17-13/h1-8H,(H,17,18)(H,19,21). The van der Waals surface area contributed by atoms with Crippen molar-refractivity contribution >= 4 is 38.7 Å². The number of fused-ring (bicyclic) bond motifs is 1. The first-order valence-electron chi connectivity index (χ1n) is 6.59. The van der Waals surface area contributed by atoms with Crippen molar-refractivity contribution in [1.29, 1.82) is 0 Å². The number of benzene rings is 1. The molecule has 3 heterocycles. The largest absolute Gasteiger partial charge is 0.403 e. The van der Waals surface area contributed by atoms with Crippen molar-refractivity contribution in [3.05, 3.63) is 53.3 Å². The molecule has 0 aliphatic rings. The number of rotatable bonds is 3. The molecule has 0 atom stereocenters. The highest BCUT2D eigenvalue weighted by atomic mass is 79.9. The highest BCUT2D eigenvalue weighted by Crippen LogP contribution is 2.29. The molecule has 0 bridgehead atoms. The van der Waals surface area contributed by atoms with Crippen molar-refractivity contribution in [2.45, 2.75) is 0 Å². The van der Waals surface area contributed by atoms with Crippen LogP contribution in [0.4, 0.5) is 11.7 Å². The third-order valence-electron chi connectivity index (χ3n) is 3.22. The molecular formula is C15H10BrN5O. The Kier molecular flexibility index (Phi) is 3.12. The van der Waals surface area contributed by atoms with Gasteiger partial charge in [0.15, 0.2) is 0 Å². The van der Waals surface area contributed by atoms with Gasteiger partial charge >= 0.3 is 6.01 Å². The number of halogens is 1. The van der Waals surface area contributed by atoms with Crippen molar-refractivity contribution in [2.24, 2.45) is 0 Å². The fourth-order valence-electron chi connectivity index (χ4n) is 2.19. The third-order valence-corrected chi connectivity index (χ3v) is 3.91. The van der Waals surface area contributed by atoms with E-state index >= 15 is 0 Å². The molecule has 1 aromatic carbocycles. The Bertz CT molecular complexity index is 946. The molecule has 2 N–H and O–H groups in total. The number of hydrogen-bond donors (Lipinski definition) is 2. The first-order chi connectivity index (χ1) is 10.8. The summed E-state index contributed by atoms with van der Waals surface area (Å²) in [5.41, 5.74) is 2.48. The summed E-state index contributed by atoms with van der Waals surface area (Å²) in [6.07, 6.45) is 3.55. The van der Waals surface area contributed by atoms with Gasteiger partial charge in [0.25, 0.3) is 5.89 Å². The normalized spacial score (nSPS) is 11.0. The molecule has 0 amide bonds. The van der Waals surface area contributed by atoms with Crippen molar-refractivity contribution in [2.75, 3.05) is 5.32 Å². The SMILES string of the molecule is Brc1ccccc1Nc1nnc(-c2c[nH]c3ncccc23)o1. The van der Waals surface area contributed by atoms with Crippen molar-refractivity contribution in [3.8, 4) is 11.5 Å². The molecule has 0 unspecified atom stereocenters. The molecule has 0 spiro atoms. The molecule has 3 aromatic heterocycles. The van der Waals surface area contributed by atoms with Gasteiger partial charge in [-0.3, -0.25) is 0 Å². The Morgan fingerprint density at radius 2 is 2.00 bits per heavy atom. The second-order valence-electron chi connectivity index (χ2n) is 4.62. The van der Waals surface area contributed by atoms with Crippen LogP contribution in [0.1, 0.15) is 0 Å². The number of aromatic nitrogens is 4. The summed E-state index contributed by atoms with van der Waals surface area (Å²) in [7, 11) is 0. The van der Waals surface area contributed by atoms with E-state index in [9.17, 15) is 0 Å². The second-order valence-corrected chi connectivity index (χ2v) is 5.47. The summed E-state index contributed by atoms with van der Waals surface area (Å²) >= 11 is 3.47. The molecule has 0 saturated heterocycles. The summed E-state index contributed by atoms with van der Waals surface area (Å²) < 4.78 is 6.62. The minimum Gasteiger partial charge on any atom is -0.403 e. The number of nitrogens with zero attached hydrogens (tertiary/aromatic N) is 3. The molecule has 0 saturated carbocycles. The number of hydrogen-bond acceptors (Lipinski definition) is 5. The van der Waals surface area contributed by atoms with Gasteiger partial charge in [0.05, 0.1) is 11.3 Å². The maximum Gasteiger partial charge on any atom is 0.320 e. The van der Waals surface area contributed by atoms with E-state index in [0.717, 1.165) is 26.8 Å². The molecule has 4 rings (SSSR count).